The number of carbonyl (C=O) groups is 1. The van der Waals surface area contributed by atoms with Crippen molar-refractivity contribution < 1.29 is 14.1 Å². The average molecular weight is 371 g/mol. The number of hydrogen-bond acceptors (Lipinski definition) is 5. The van der Waals surface area contributed by atoms with E-state index in [-0.39, 0.29) is 11.3 Å². The fourth-order valence-electron chi connectivity index (χ4n) is 2.93. The predicted octanol–water partition coefficient (Wildman–Crippen LogP) is 3.89. The van der Waals surface area contributed by atoms with Crippen molar-refractivity contribution in [3.63, 3.8) is 0 Å². The van der Waals surface area contributed by atoms with Crippen LogP contribution in [-0.4, -0.2) is 34.1 Å². The molecule has 1 aromatic carbocycles. The summed E-state index contributed by atoms with van der Waals surface area (Å²) >= 11 is 0. The highest BCUT2D eigenvalue weighted by atomic mass is 16.5. The second-order valence-electron chi connectivity index (χ2n) is 8.22. The minimum absolute atomic E-state index is 0.126. The Kier molecular flexibility index (Phi) is 5.82. The van der Waals surface area contributed by atoms with Crippen LogP contribution in [0.25, 0.3) is 0 Å². The van der Waals surface area contributed by atoms with E-state index in [9.17, 15) is 4.79 Å². The molecule has 0 saturated heterocycles. The minimum Gasteiger partial charge on any atom is -0.497 e. The van der Waals surface area contributed by atoms with E-state index >= 15 is 0 Å². The molecule has 2 aromatic rings. The molecule has 0 N–H and O–H groups in total. The fraction of sp³-hybridized carbons (Fsp3) is 0.571. The first-order valence-corrected chi connectivity index (χ1v) is 9.62. The fourth-order valence-corrected chi connectivity index (χ4v) is 2.93. The molecule has 0 aliphatic heterocycles. The quantitative estimate of drug-likeness (QED) is 0.704. The average Bonchev–Trinajstić information content (AvgIpc) is 3.36. The molecule has 1 heterocycles. The largest absolute Gasteiger partial charge is 0.497 e. The highest BCUT2D eigenvalue weighted by molar-refractivity contribution is 5.76. The van der Waals surface area contributed by atoms with E-state index in [1.807, 2.05) is 29.2 Å². The first kappa shape index (κ1) is 19.4. The van der Waals surface area contributed by atoms with Gasteiger partial charge < -0.3 is 14.2 Å². The van der Waals surface area contributed by atoms with Gasteiger partial charge in [0.05, 0.1) is 7.11 Å². The van der Waals surface area contributed by atoms with Gasteiger partial charge in [-0.15, -0.1) is 0 Å². The van der Waals surface area contributed by atoms with Crippen molar-refractivity contribution in [1.29, 1.82) is 0 Å². The Morgan fingerprint density at radius 2 is 1.96 bits per heavy atom. The summed E-state index contributed by atoms with van der Waals surface area (Å²) in [6.45, 7) is 6.82. The zero-order valence-corrected chi connectivity index (χ0v) is 16.7. The van der Waals surface area contributed by atoms with Crippen LogP contribution in [-0.2, 0) is 23.2 Å². The molecule has 1 aromatic heterocycles. The number of rotatable bonds is 8. The highest BCUT2D eigenvalue weighted by Gasteiger charge is 2.32. The molecular formula is C21H29N3O3. The SMILES string of the molecule is COc1ccc(CN(C(=O)CCCc2nc(C(C)(C)C)no2)C2CC2)cc1. The van der Waals surface area contributed by atoms with Crippen molar-refractivity contribution in [2.75, 3.05) is 7.11 Å². The van der Waals surface area contributed by atoms with Crippen LogP contribution in [0, 0.1) is 0 Å². The van der Waals surface area contributed by atoms with Gasteiger partial charge in [-0.2, -0.15) is 4.98 Å². The number of aromatic nitrogens is 2. The second kappa shape index (κ2) is 8.11. The highest BCUT2D eigenvalue weighted by Crippen LogP contribution is 2.29. The number of amides is 1. The molecule has 1 amide bonds. The van der Waals surface area contributed by atoms with Gasteiger partial charge in [0.1, 0.15) is 5.75 Å². The lowest BCUT2D eigenvalue weighted by molar-refractivity contribution is -0.132. The second-order valence-corrected chi connectivity index (χ2v) is 8.22. The van der Waals surface area contributed by atoms with Crippen molar-refractivity contribution in [2.24, 2.45) is 0 Å². The Morgan fingerprint density at radius 3 is 2.52 bits per heavy atom. The Labute approximate surface area is 160 Å². The smallest absolute Gasteiger partial charge is 0.226 e. The lowest BCUT2D eigenvalue weighted by Gasteiger charge is -2.22. The first-order valence-electron chi connectivity index (χ1n) is 9.62. The molecule has 1 saturated carbocycles. The Balaban J connectivity index is 1.52. The van der Waals surface area contributed by atoms with Crippen LogP contribution >= 0.6 is 0 Å². The summed E-state index contributed by atoms with van der Waals surface area (Å²) in [7, 11) is 1.66. The van der Waals surface area contributed by atoms with Crippen LogP contribution in [0.2, 0.25) is 0 Å². The van der Waals surface area contributed by atoms with Crippen molar-refractivity contribution >= 4 is 5.91 Å². The molecule has 0 spiro atoms. The molecule has 1 fully saturated rings. The zero-order valence-electron chi connectivity index (χ0n) is 16.7. The van der Waals surface area contributed by atoms with Gasteiger partial charge in [-0.1, -0.05) is 38.1 Å². The lowest BCUT2D eigenvalue weighted by atomic mass is 9.96. The summed E-state index contributed by atoms with van der Waals surface area (Å²) in [4.78, 5) is 19.2. The Bertz CT molecular complexity index is 758. The van der Waals surface area contributed by atoms with Gasteiger partial charge in [0.25, 0.3) is 0 Å². The summed E-state index contributed by atoms with van der Waals surface area (Å²) in [5, 5.41) is 4.04. The van der Waals surface area contributed by atoms with E-state index in [0.717, 1.165) is 30.6 Å². The van der Waals surface area contributed by atoms with Crippen LogP contribution in [0.5, 0.6) is 5.75 Å². The molecule has 146 valence electrons. The van der Waals surface area contributed by atoms with Crippen molar-refractivity contribution in [2.45, 2.75) is 70.9 Å². The molecule has 1 aliphatic carbocycles. The summed E-state index contributed by atoms with van der Waals surface area (Å²) < 4.78 is 10.5. The normalized spacial score (nSPS) is 14.2. The Hall–Kier alpha value is -2.37. The van der Waals surface area contributed by atoms with Crippen LogP contribution in [0.15, 0.2) is 28.8 Å². The summed E-state index contributed by atoms with van der Waals surface area (Å²) in [5.41, 5.74) is 1.00. The van der Waals surface area contributed by atoms with E-state index in [1.54, 1.807) is 7.11 Å². The molecule has 6 nitrogen and oxygen atoms in total. The molecule has 27 heavy (non-hydrogen) atoms. The van der Waals surface area contributed by atoms with Gasteiger partial charge >= 0.3 is 0 Å². The van der Waals surface area contributed by atoms with Crippen molar-refractivity contribution in [3.05, 3.63) is 41.5 Å². The van der Waals surface area contributed by atoms with Gasteiger partial charge in [0.15, 0.2) is 5.82 Å². The number of ether oxygens (including phenoxy) is 1. The third-order valence-corrected chi connectivity index (χ3v) is 4.74. The van der Waals surface area contributed by atoms with E-state index in [0.29, 0.717) is 37.1 Å². The maximum atomic E-state index is 12.7. The predicted molar refractivity (Wildman–Crippen MR) is 103 cm³/mol. The van der Waals surface area contributed by atoms with Gasteiger partial charge in [-0.3, -0.25) is 4.79 Å². The molecular weight excluding hydrogens is 342 g/mol. The number of benzene rings is 1. The van der Waals surface area contributed by atoms with Gasteiger partial charge in [-0.05, 0) is 37.0 Å². The number of hydrogen-bond donors (Lipinski definition) is 0. The number of aryl methyl sites for hydroxylation is 1. The molecule has 6 heteroatoms. The van der Waals surface area contributed by atoms with Crippen LogP contribution < -0.4 is 4.74 Å². The molecule has 3 rings (SSSR count). The number of carbonyl (C=O) groups excluding carboxylic acids is 1. The van der Waals surface area contributed by atoms with E-state index in [2.05, 4.69) is 30.9 Å². The third kappa shape index (κ3) is 5.31. The van der Waals surface area contributed by atoms with E-state index in [4.69, 9.17) is 9.26 Å². The van der Waals surface area contributed by atoms with Crippen molar-refractivity contribution in [3.8, 4) is 5.75 Å². The van der Waals surface area contributed by atoms with Gasteiger partial charge in [-0.25, -0.2) is 0 Å². The maximum Gasteiger partial charge on any atom is 0.226 e. The van der Waals surface area contributed by atoms with E-state index < -0.39 is 0 Å². The zero-order chi connectivity index (χ0) is 19.4. The van der Waals surface area contributed by atoms with E-state index in [1.165, 1.54) is 0 Å². The molecule has 0 radical (unpaired) electrons. The standard InChI is InChI=1S/C21H29N3O3/c1-21(2,3)20-22-18(27-23-20)6-5-7-19(25)24(16-10-11-16)14-15-8-12-17(26-4)13-9-15/h8-9,12-13,16H,5-7,10-11,14H2,1-4H3. The topological polar surface area (TPSA) is 68.5 Å². The third-order valence-electron chi connectivity index (χ3n) is 4.74. The molecule has 0 atom stereocenters. The van der Waals surface area contributed by atoms with Gasteiger partial charge in [0.2, 0.25) is 11.8 Å². The summed E-state index contributed by atoms with van der Waals surface area (Å²) in [6.07, 6.45) is 4.05. The molecule has 0 unspecified atom stereocenters. The Morgan fingerprint density at radius 1 is 1.26 bits per heavy atom. The van der Waals surface area contributed by atoms with Crippen molar-refractivity contribution in [1.82, 2.24) is 15.0 Å². The number of methoxy groups -OCH3 is 1. The van der Waals surface area contributed by atoms with Crippen LogP contribution in [0.3, 0.4) is 0 Å². The van der Waals surface area contributed by atoms with Crippen LogP contribution in [0.4, 0.5) is 0 Å². The first-order chi connectivity index (χ1) is 12.9. The summed E-state index contributed by atoms with van der Waals surface area (Å²) in [5.74, 6) is 2.35. The van der Waals surface area contributed by atoms with Crippen LogP contribution in [0.1, 0.15) is 63.7 Å². The van der Waals surface area contributed by atoms with Gasteiger partial charge in [0, 0.05) is 30.8 Å². The minimum atomic E-state index is -0.126. The molecule has 1 aliphatic rings. The monoisotopic (exact) mass is 371 g/mol. The summed E-state index contributed by atoms with van der Waals surface area (Å²) in [6, 6.07) is 8.30. The number of nitrogens with zero attached hydrogens (tertiary/aromatic N) is 3. The molecule has 0 bridgehead atoms. The maximum absolute atomic E-state index is 12.7. The lowest BCUT2D eigenvalue weighted by Crippen LogP contribution is -2.32.